The first-order valence-corrected chi connectivity index (χ1v) is 5.79. The van der Waals surface area contributed by atoms with Crippen LogP contribution in [0.5, 0.6) is 0 Å². The van der Waals surface area contributed by atoms with E-state index in [9.17, 15) is 9.59 Å². The van der Waals surface area contributed by atoms with Gasteiger partial charge in [0.05, 0.1) is 5.52 Å². The van der Waals surface area contributed by atoms with Crippen molar-refractivity contribution in [3.05, 3.63) is 28.7 Å². The van der Waals surface area contributed by atoms with Crippen LogP contribution in [0.3, 0.4) is 0 Å². The Kier molecular flexibility index (Phi) is 3.36. The minimum Gasteiger partial charge on any atom is -0.408 e. The van der Waals surface area contributed by atoms with E-state index in [0.717, 1.165) is 6.42 Å². The van der Waals surface area contributed by atoms with Gasteiger partial charge in [0, 0.05) is 17.8 Å². The molecule has 1 aromatic heterocycles. The standard InChI is InChI=1S/C12H15N3O3/c1-3-7(2)13-11(16)14-8-4-5-9-10(6-8)18-12(17)15-9/h4-7H,3H2,1-2H3,(H,15,17)(H2,13,14,16). The highest BCUT2D eigenvalue weighted by Crippen LogP contribution is 2.16. The van der Waals surface area contributed by atoms with Crippen LogP contribution in [0, 0.1) is 0 Å². The highest BCUT2D eigenvalue weighted by atomic mass is 16.4. The number of H-pyrrole nitrogens is 1. The number of carbonyl (C=O) groups excluding carboxylic acids is 1. The Hall–Kier alpha value is -2.24. The molecule has 6 heteroatoms. The van der Waals surface area contributed by atoms with E-state index in [1.54, 1.807) is 18.2 Å². The van der Waals surface area contributed by atoms with Crippen molar-refractivity contribution >= 4 is 22.8 Å². The summed E-state index contributed by atoms with van der Waals surface area (Å²) >= 11 is 0. The largest absolute Gasteiger partial charge is 0.417 e. The fourth-order valence-corrected chi connectivity index (χ4v) is 1.52. The Bertz CT molecular complexity index is 614. The monoisotopic (exact) mass is 249 g/mol. The van der Waals surface area contributed by atoms with Gasteiger partial charge < -0.3 is 15.1 Å². The molecule has 0 aliphatic rings. The van der Waals surface area contributed by atoms with Gasteiger partial charge in [-0.1, -0.05) is 6.92 Å². The average molecular weight is 249 g/mol. The number of urea groups is 1. The molecular formula is C12H15N3O3. The lowest BCUT2D eigenvalue weighted by atomic mass is 10.2. The van der Waals surface area contributed by atoms with Crippen molar-refractivity contribution in [2.24, 2.45) is 0 Å². The molecule has 1 heterocycles. The Balaban J connectivity index is 2.11. The molecule has 2 amide bonds. The highest BCUT2D eigenvalue weighted by Gasteiger charge is 2.07. The van der Waals surface area contributed by atoms with Gasteiger partial charge in [-0.25, -0.2) is 9.59 Å². The van der Waals surface area contributed by atoms with E-state index in [1.165, 1.54) is 0 Å². The Morgan fingerprint density at radius 3 is 3.00 bits per heavy atom. The van der Waals surface area contributed by atoms with E-state index >= 15 is 0 Å². The third kappa shape index (κ3) is 2.71. The minimum absolute atomic E-state index is 0.110. The molecule has 0 saturated heterocycles. The lowest BCUT2D eigenvalue weighted by Crippen LogP contribution is -2.35. The van der Waals surface area contributed by atoms with E-state index in [2.05, 4.69) is 15.6 Å². The summed E-state index contributed by atoms with van der Waals surface area (Å²) in [4.78, 5) is 25.1. The number of carbonyl (C=O) groups is 1. The second kappa shape index (κ2) is 4.95. The van der Waals surface area contributed by atoms with Crippen molar-refractivity contribution in [3.63, 3.8) is 0 Å². The zero-order valence-electron chi connectivity index (χ0n) is 10.2. The summed E-state index contributed by atoms with van der Waals surface area (Å²) in [7, 11) is 0. The quantitative estimate of drug-likeness (QED) is 0.777. The van der Waals surface area contributed by atoms with E-state index in [1.807, 2.05) is 13.8 Å². The van der Waals surface area contributed by atoms with Crippen LogP contribution in [0.25, 0.3) is 11.1 Å². The van der Waals surface area contributed by atoms with Crippen molar-refractivity contribution in [1.82, 2.24) is 10.3 Å². The molecule has 18 heavy (non-hydrogen) atoms. The third-order valence-corrected chi connectivity index (χ3v) is 2.67. The van der Waals surface area contributed by atoms with Gasteiger partial charge in [-0.2, -0.15) is 0 Å². The number of fused-ring (bicyclic) bond motifs is 1. The first-order valence-electron chi connectivity index (χ1n) is 5.79. The predicted molar refractivity (Wildman–Crippen MR) is 68.7 cm³/mol. The summed E-state index contributed by atoms with van der Waals surface area (Å²) < 4.78 is 4.91. The molecule has 0 aliphatic carbocycles. The third-order valence-electron chi connectivity index (χ3n) is 2.67. The molecule has 0 saturated carbocycles. The number of rotatable bonds is 3. The SMILES string of the molecule is CCC(C)NC(=O)Nc1ccc2[nH]c(=O)oc2c1. The normalized spacial score (nSPS) is 12.3. The van der Waals surface area contributed by atoms with Crippen LogP contribution >= 0.6 is 0 Å². The molecule has 2 rings (SSSR count). The zero-order valence-corrected chi connectivity index (χ0v) is 10.2. The van der Waals surface area contributed by atoms with Gasteiger partial charge in [-0.3, -0.25) is 4.98 Å². The van der Waals surface area contributed by atoms with E-state index in [0.29, 0.717) is 16.8 Å². The number of aromatic amines is 1. The first kappa shape index (κ1) is 12.2. The smallest absolute Gasteiger partial charge is 0.408 e. The number of benzene rings is 1. The topological polar surface area (TPSA) is 87.1 Å². The second-order valence-corrected chi connectivity index (χ2v) is 4.13. The summed E-state index contributed by atoms with van der Waals surface area (Å²) in [5.41, 5.74) is 1.60. The Morgan fingerprint density at radius 2 is 2.28 bits per heavy atom. The van der Waals surface area contributed by atoms with E-state index < -0.39 is 5.76 Å². The fraction of sp³-hybridized carbons (Fsp3) is 0.333. The van der Waals surface area contributed by atoms with Crippen LogP contribution in [-0.4, -0.2) is 17.1 Å². The summed E-state index contributed by atoms with van der Waals surface area (Å²) in [6, 6.07) is 4.81. The molecule has 1 atom stereocenters. The first-order chi connectivity index (χ1) is 8.58. The van der Waals surface area contributed by atoms with Crippen LogP contribution in [0.2, 0.25) is 0 Å². The summed E-state index contributed by atoms with van der Waals surface area (Å²) in [5.74, 6) is -0.508. The van der Waals surface area contributed by atoms with Gasteiger partial charge in [0.1, 0.15) is 0 Å². The molecule has 96 valence electrons. The lowest BCUT2D eigenvalue weighted by Gasteiger charge is -2.12. The minimum atomic E-state index is -0.508. The molecule has 6 nitrogen and oxygen atoms in total. The molecule has 0 radical (unpaired) electrons. The summed E-state index contributed by atoms with van der Waals surface area (Å²) in [6.07, 6.45) is 0.860. The number of hydrogen-bond acceptors (Lipinski definition) is 3. The molecule has 0 bridgehead atoms. The molecular weight excluding hydrogens is 234 g/mol. The lowest BCUT2D eigenvalue weighted by molar-refractivity contribution is 0.249. The average Bonchev–Trinajstić information content (AvgIpc) is 2.68. The predicted octanol–water partition coefficient (Wildman–Crippen LogP) is 2.04. The van der Waals surface area contributed by atoms with E-state index in [-0.39, 0.29) is 12.1 Å². The maximum Gasteiger partial charge on any atom is 0.417 e. The van der Waals surface area contributed by atoms with Crippen molar-refractivity contribution < 1.29 is 9.21 Å². The number of amides is 2. The molecule has 1 aromatic carbocycles. The number of hydrogen-bond donors (Lipinski definition) is 3. The fourth-order valence-electron chi connectivity index (χ4n) is 1.52. The van der Waals surface area contributed by atoms with Gasteiger partial charge in [-0.05, 0) is 25.5 Å². The van der Waals surface area contributed by atoms with Crippen LogP contribution in [-0.2, 0) is 0 Å². The van der Waals surface area contributed by atoms with Gasteiger partial charge in [-0.15, -0.1) is 0 Å². The van der Waals surface area contributed by atoms with Gasteiger partial charge in [0.25, 0.3) is 0 Å². The summed E-state index contributed by atoms with van der Waals surface area (Å²) in [5, 5.41) is 5.46. The van der Waals surface area contributed by atoms with Gasteiger partial charge in [0.2, 0.25) is 0 Å². The molecule has 0 aliphatic heterocycles. The maximum absolute atomic E-state index is 11.6. The number of aromatic nitrogens is 1. The van der Waals surface area contributed by atoms with Crippen molar-refractivity contribution in [3.8, 4) is 0 Å². The molecule has 0 fully saturated rings. The number of oxazole rings is 1. The van der Waals surface area contributed by atoms with Crippen LogP contribution < -0.4 is 16.4 Å². The molecule has 2 aromatic rings. The zero-order chi connectivity index (χ0) is 13.1. The molecule has 1 unspecified atom stereocenters. The van der Waals surface area contributed by atoms with Crippen LogP contribution in [0.15, 0.2) is 27.4 Å². The van der Waals surface area contributed by atoms with Crippen molar-refractivity contribution in [1.29, 1.82) is 0 Å². The number of anilines is 1. The maximum atomic E-state index is 11.6. The van der Waals surface area contributed by atoms with Crippen LogP contribution in [0.1, 0.15) is 20.3 Å². The Labute approximate surface area is 103 Å². The van der Waals surface area contributed by atoms with Crippen LogP contribution in [0.4, 0.5) is 10.5 Å². The van der Waals surface area contributed by atoms with Crippen molar-refractivity contribution in [2.45, 2.75) is 26.3 Å². The number of nitrogens with one attached hydrogen (secondary N) is 3. The molecule has 3 N–H and O–H groups in total. The van der Waals surface area contributed by atoms with Crippen molar-refractivity contribution in [2.75, 3.05) is 5.32 Å². The summed E-state index contributed by atoms with van der Waals surface area (Å²) in [6.45, 7) is 3.92. The highest BCUT2D eigenvalue weighted by molar-refractivity contribution is 5.91. The Morgan fingerprint density at radius 1 is 1.50 bits per heavy atom. The van der Waals surface area contributed by atoms with Gasteiger partial charge in [0.15, 0.2) is 5.58 Å². The second-order valence-electron chi connectivity index (χ2n) is 4.13. The van der Waals surface area contributed by atoms with Gasteiger partial charge >= 0.3 is 11.8 Å². The van der Waals surface area contributed by atoms with E-state index in [4.69, 9.17) is 4.42 Å². The molecule has 0 spiro atoms.